The molecule has 0 bridgehead atoms. The van der Waals surface area contributed by atoms with E-state index in [4.69, 9.17) is 4.74 Å². The highest BCUT2D eigenvalue weighted by Crippen LogP contribution is 2.32. The summed E-state index contributed by atoms with van der Waals surface area (Å²) in [4.78, 5) is 24.5. The van der Waals surface area contributed by atoms with E-state index in [-0.39, 0.29) is 47.2 Å². The first kappa shape index (κ1) is 25.8. The molecule has 3 aromatic rings. The molecule has 0 saturated heterocycles. The van der Waals surface area contributed by atoms with Crippen LogP contribution in [0.25, 0.3) is 12.2 Å². The second kappa shape index (κ2) is 12.1. The van der Waals surface area contributed by atoms with Crippen LogP contribution in [0.4, 0.5) is 0 Å². The number of benzene rings is 3. The average Bonchev–Trinajstić information content (AvgIpc) is 2.86. The van der Waals surface area contributed by atoms with Crippen LogP contribution in [-0.4, -0.2) is 38.8 Å². The maximum absolute atomic E-state index is 12.6. The van der Waals surface area contributed by atoms with Crippen molar-refractivity contribution in [2.24, 2.45) is 0 Å². The number of carbonyl (C=O) groups is 2. The largest absolute Gasteiger partial charge is 0.508 e. The summed E-state index contributed by atoms with van der Waals surface area (Å²) < 4.78 is 5.19. The van der Waals surface area contributed by atoms with Crippen molar-refractivity contribution >= 4 is 23.9 Å². The number of carbonyl (C=O) groups excluding carboxylic acids is 2. The highest BCUT2D eigenvalue weighted by atomic mass is 16.5. The molecule has 7 nitrogen and oxygen atoms in total. The summed E-state index contributed by atoms with van der Waals surface area (Å²) >= 11 is 0. The highest BCUT2D eigenvalue weighted by molar-refractivity contribution is 6.09. The molecule has 184 valence electrons. The lowest BCUT2D eigenvalue weighted by molar-refractivity contribution is -0.136. The molecule has 0 aliphatic heterocycles. The van der Waals surface area contributed by atoms with Gasteiger partial charge < -0.3 is 25.2 Å². The maximum atomic E-state index is 12.6. The highest BCUT2D eigenvalue weighted by Gasteiger charge is 2.15. The Morgan fingerprint density at radius 2 is 1.33 bits per heavy atom. The predicted octanol–water partition coefficient (Wildman–Crippen LogP) is 5.15. The SMILES string of the molecule is C/C(=C\Cc1c(O)ccc(C(=O)/C=C/c2ccc(O)cc2)c1O)COC(=O)/C=C/c1ccc(O)cc1. The topological polar surface area (TPSA) is 124 Å². The quantitative estimate of drug-likeness (QED) is 0.143. The molecule has 0 fully saturated rings. The number of rotatable bonds is 9. The van der Waals surface area contributed by atoms with Crippen molar-refractivity contribution < 1.29 is 34.8 Å². The maximum Gasteiger partial charge on any atom is 0.331 e. The van der Waals surface area contributed by atoms with Crippen LogP contribution in [0, 0.1) is 0 Å². The van der Waals surface area contributed by atoms with Gasteiger partial charge >= 0.3 is 5.97 Å². The van der Waals surface area contributed by atoms with E-state index in [0.29, 0.717) is 11.1 Å². The fraction of sp³-hybridized carbons (Fsp3) is 0.103. The van der Waals surface area contributed by atoms with Crippen molar-refractivity contribution in [3.05, 3.63) is 107 Å². The number of hydrogen-bond acceptors (Lipinski definition) is 7. The van der Waals surface area contributed by atoms with Crippen LogP contribution < -0.4 is 0 Å². The number of ketones is 1. The van der Waals surface area contributed by atoms with Gasteiger partial charge in [0.15, 0.2) is 5.78 Å². The standard InChI is InChI=1S/C29H26O7/c1-19(18-36-28(34)17-8-21-5-11-23(31)12-6-21)2-13-24-27(33)16-14-25(29(24)35)26(32)15-7-20-3-9-22(30)10-4-20/h2-12,14-17,30-31,33,35H,13,18H2,1H3/b15-7+,17-8+,19-2+. The summed E-state index contributed by atoms with van der Waals surface area (Å²) in [5.74, 6) is -1.24. The second-order valence-electron chi connectivity index (χ2n) is 8.04. The van der Waals surface area contributed by atoms with Crippen LogP contribution in [0.1, 0.15) is 34.0 Å². The third-order valence-corrected chi connectivity index (χ3v) is 5.25. The van der Waals surface area contributed by atoms with Gasteiger partial charge in [-0.1, -0.05) is 36.4 Å². The van der Waals surface area contributed by atoms with Crippen molar-refractivity contribution in [2.45, 2.75) is 13.3 Å². The molecule has 0 unspecified atom stereocenters. The van der Waals surface area contributed by atoms with Crippen LogP contribution in [0.2, 0.25) is 0 Å². The molecule has 0 saturated carbocycles. The van der Waals surface area contributed by atoms with Crippen molar-refractivity contribution in [1.29, 1.82) is 0 Å². The molecule has 0 amide bonds. The van der Waals surface area contributed by atoms with Crippen molar-refractivity contribution in [1.82, 2.24) is 0 Å². The molecule has 0 radical (unpaired) electrons. The Morgan fingerprint density at radius 3 is 1.92 bits per heavy atom. The third kappa shape index (κ3) is 7.36. The number of phenolic OH excluding ortho intramolecular Hbond substituents is 4. The first-order valence-corrected chi connectivity index (χ1v) is 11.1. The predicted molar refractivity (Wildman–Crippen MR) is 137 cm³/mol. The summed E-state index contributed by atoms with van der Waals surface area (Å²) in [5, 5.41) is 39.4. The average molecular weight is 487 g/mol. The number of hydrogen-bond donors (Lipinski definition) is 4. The summed E-state index contributed by atoms with van der Waals surface area (Å²) in [6, 6.07) is 15.3. The fourth-order valence-corrected chi connectivity index (χ4v) is 3.19. The Hall–Kier alpha value is -4.78. The zero-order valence-corrected chi connectivity index (χ0v) is 19.6. The normalized spacial score (nSPS) is 11.8. The number of phenols is 4. The molecule has 0 atom stereocenters. The van der Waals surface area contributed by atoms with E-state index >= 15 is 0 Å². The zero-order chi connectivity index (χ0) is 26.1. The monoisotopic (exact) mass is 486 g/mol. The van der Waals surface area contributed by atoms with Gasteiger partial charge in [0.25, 0.3) is 0 Å². The minimum Gasteiger partial charge on any atom is -0.508 e. The van der Waals surface area contributed by atoms with Crippen LogP contribution in [0.3, 0.4) is 0 Å². The molecule has 4 N–H and O–H groups in total. The lowest BCUT2D eigenvalue weighted by Crippen LogP contribution is -2.03. The minimum atomic E-state index is -0.547. The van der Waals surface area contributed by atoms with E-state index in [0.717, 1.165) is 5.56 Å². The van der Waals surface area contributed by atoms with Gasteiger partial charge in [-0.15, -0.1) is 0 Å². The molecule has 0 aromatic heterocycles. The third-order valence-electron chi connectivity index (χ3n) is 5.25. The van der Waals surface area contributed by atoms with E-state index in [2.05, 4.69) is 0 Å². The molecule has 7 heteroatoms. The summed E-state index contributed by atoms with van der Waals surface area (Å²) in [6.45, 7) is 1.74. The molecule has 0 aliphatic carbocycles. The van der Waals surface area contributed by atoms with Crippen molar-refractivity contribution in [3.63, 3.8) is 0 Å². The number of allylic oxidation sites excluding steroid dienone is 2. The van der Waals surface area contributed by atoms with Gasteiger partial charge in [0.1, 0.15) is 29.6 Å². The molecule has 0 spiro atoms. The van der Waals surface area contributed by atoms with E-state index < -0.39 is 11.8 Å². The molecule has 36 heavy (non-hydrogen) atoms. The number of ether oxygens (including phenoxy) is 1. The Bertz CT molecular complexity index is 1310. The van der Waals surface area contributed by atoms with E-state index in [9.17, 15) is 30.0 Å². The zero-order valence-electron chi connectivity index (χ0n) is 19.6. The van der Waals surface area contributed by atoms with E-state index in [1.165, 1.54) is 48.6 Å². The van der Waals surface area contributed by atoms with Gasteiger partial charge in [0.05, 0.1) is 5.56 Å². The van der Waals surface area contributed by atoms with Crippen LogP contribution in [-0.2, 0) is 16.0 Å². The van der Waals surface area contributed by atoms with Gasteiger partial charge in [-0.3, -0.25) is 4.79 Å². The Morgan fingerprint density at radius 1 is 0.778 bits per heavy atom. The summed E-state index contributed by atoms with van der Waals surface area (Å²) in [5.41, 5.74) is 2.33. The molecular formula is C29H26O7. The van der Waals surface area contributed by atoms with Crippen molar-refractivity contribution in [2.75, 3.05) is 6.61 Å². The molecule has 3 rings (SSSR count). The van der Waals surface area contributed by atoms with Gasteiger partial charge in [0, 0.05) is 11.6 Å². The Labute approximate surface area is 208 Å². The molecular weight excluding hydrogens is 460 g/mol. The lowest BCUT2D eigenvalue weighted by Gasteiger charge is -2.09. The molecule has 3 aromatic carbocycles. The second-order valence-corrected chi connectivity index (χ2v) is 8.04. The molecule has 0 heterocycles. The van der Waals surface area contributed by atoms with Gasteiger partial charge in [0.2, 0.25) is 0 Å². The van der Waals surface area contributed by atoms with Crippen LogP contribution >= 0.6 is 0 Å². The first-order chi connectivity index (χ1) is 17.2. The van der Waals surface area contributed by atoms with Gasteiger partial charge in [-0.25, -0.2) is 4.79 Å². The smallest absolute Gasteiger partial charge is 0.331 e. The van der Waals surface area contributed by atoms with Crippen LogP contribution in [0.15, 0.2) is 84.5 Å². The van der Waals surface area contributed by atoms with E-state index in [1.807, 2.05) is 0 Å². The van der Waals surface area contributed by atoms with E-state index in [1.54, 1.807) is 49.4 Å². The number of esters is 1. The summed E-state index contributed by atoms with van der Waals surface area (Å²) in [7, 11) is 0. The number of aromatic hydroxyl groups is 4. The van der Waals surface area contributed by atoms with Gasteiger partial charge in [-0.05, 0) is 78.6 Å². The lowest BCUT2D eigenvalue weighted by atomic mass is 10.0. The van der Waals surface area contributed by atoms with Gasteiger partial charge in [-0.2, -0.15) is 0 Å². The minimum absolute atomic E-state index is 0.00820. The molecule has 0 aliphatic rings. The van der Waals surface area contributed by atoms with Crippen LogP contribution in [0.5, 0.6) is 23.0 Å². The Balaban J connectivity index is 1.61. The first-order valence-electron chi connectivity index (χ1n) is 11.1. The van der Waals surface area contributed by atoms with Crippen molar-refractivity contribution in [3.8, 4) is 23.0 Å². The Kier molecular flexibility index (Phi) is 8.67. The fourth-order valence-electron chi connectivity index (χ4n) is 3.19. The summed E-state index contributed by atoms with van der Waals surface area (Å²) in [6.07, 6.45) is 7.50.